The summed E-state index contributed by atoms with van der Waals surface area (Å²) >= 11 is 5.17. The molecular formula is C10H20I2. The van der Waals surface area contributed by atoms with Crippen LogP contribution in [-0.2, 0) is 0 Å². The molecule has 0 amide bonds. The Labute approximate surface area is 105 Å². The van der Waals surface area contributed by atoms with Crippen LogP contribution in [0.15, 0.2) is 0 Å². The minimum Gasteiger partial charge on any atom is -0.0815 e. The molecule has 2 unspecified atom stereocenters. The van der Waals surface area contributed by atoms with Gasteiger partial charge in [0.15, 0.2) is 0 Å². The summed E-state index contributed by atoms with van der Waals surface area (Å²) in [5.41, 5.74) is 0.447. The number of alkyl halides is 2. The Bertz CT molecular complexity index is 137. The van der Waals surface area contributed by atoms with E-state index in [9.17, 15) is 0 Å². The first kappa shape index (κ1) is 13.5. The fraction of sp³-hybridized carbons (Fsp3) is 1.00. The molecule has 2 heteroatoms. The first-order chi connectivity index (χ1) is 5.25. The average Bonchev–Trinajstić information content (AvgIpc) is 1.86. The van der Waals surface area contributed by atoms with Gasteiger partial charge in [0.2, 0.25) is 0 Å². The molecule has 2 atom stereocenters. The van der Waals surface area contributed by atoms with Crippen molar-refractivity contribution in [3.05, 3.63) is 0 Å². The monoisotopic (exact) mass is 394 g/mol. The highest BCUT2D eigenvalue weighted by molar-refractivity contribution is 14.1. The zero-order chi connectivity index (χ0) is 9.99. The molecule has 12 heavy (non-hydrogen) atoms. The van der Waals surface area contributed by atoms with Crippen LogP contribution in [0.2, 0.25) is 0 Å². The lowest BCUT2D eigenvalue weighted by Gasteiger charge is -2.42. The van der Waals surface area contributed by atoms with Crippen molar-refractivity contribution < 1.29 is 0 Å². The summed E-state index contributed by atoms with van der Waals surface area (Å²) in [5.74, 6) is 0. The van der Waals surface area contributed by atoms with Gasteiger partial charge in [-0.1, -0.05) is 79.3 Å². The summed E-state index contributed by atoms with van der Waals surface area (Å²) in [6.45, 7) is 11.7. The molecule has 0 fully saturated rings. The van der Waals surface area contributed by atoms with E-state index in [4.69, 9.17) is 0 Å². The molecular weight excluding hydrogens is 374 g/mol. The van der Waals surface area contributed by atoms with Gasteiger partial charge < -0.3 is 0 Å². The SMILES string of the molecule is CCCC(C)(C)C(C)(I)C(C)I. The number of rotatable bonds is 4. The molecule has 0 rings (SSSR count). The Balaban J connectivity index is 4.50. The highest BCUT2D eigenvalue weighted by atomic mass is 127. The standard InChI is InChI=1S/C10H20I2/c1-6-7-9(3,4)10(5,12)8(2)11/h8H,6-7H2,1-5H3. The van der Waals surface area contributed by atoms with Crippen LogP contribution in [0.4, 0.5) is 0 Å². The minimum atomic E-state index is 0.404. The van der Waals surface area contributed by atoms with E-state index < -0.39 is 0 Å². The van der Waals surface area contributed by atoms with E-state index in [1.54, 1.807) is 0 Å². The highest BCUT2D eigenvalue weighted by Crippen LogP contribution is 2.46. The third-order valence-electron chi connectivity index (χ3n) is 2.95. The van der Waals surface area contributed by atoms with Crippen LogP contribution in [0.5, 0.6) is 0 Å². The molecule has 0 aromatic heterocycles. The van der Waals surface area contributed by atoms with Gasteiger partial charge in [-0.2, -0.15) is 0 Å². The minimum absolute atomic E-state index is 0.404. The van der Waals surface area contributed by atoms with Gasteiger partial charge in [-0.25, -0.2) is 0 Å². The second-order valence-corrected chi connectivity index (χ2v) is 8.43. The Hall–Kier alpha value is 1.46. The van der Waals surface area contributed by atoms with Crippen LogP contribution in [0, 0.1) is 5.41 Å². The van der Waals surface area contributed by atoms with Gasteiger partial charge in [-0.3, -0.25) is 0 Å². The lowest BCUT2D eigenvalue weighted by Crippen LogP contribution is -2.42. The van der Waals surface area contributed by atoms with Crippen molar-refractivity contribution in [2.24, 2.45) is 5.41 Å². The lowest BCUT2D eigenvalue weighted by atomic mass is 9.75. The van der Waals surface area contributed by atoms with Gasteiger partial charge in [0.25, 0.3) is 0 Å². The van der Waals surface area contributed by atoms with Crippen molar-refractivity contribution >= 4 is 45.2 Å². The molecule has 0 spiro atoms. The molecule has 0 radical (unpaired) electrons. The largest absolute Gasteiger partial charge is 0.0815 e. The Kier molecular flexibility index (Phi) is 5.39. The van der Waals surface area contributed by atoms with Crippen LogP contribution >= 0.6 is 45.2 Å². The van der Waals surface area contributed by atoms with Gasteiger partial charge in [-0.15, -0.1) is 0 Å². The highest BCUT2D eigenvalue weighted by Gasteiger charge is 2.41. The average molecular weight is 394 g/mol. The first-order valence-electron chi connectivity index (χ1n) is 4.58. The molecule has 0 heterocycles. The van der Waals surface area contributed by atoms with Crippen LogP contribution in [-0.4, -0.2) is 7.35 Å². The van der Waals surface area contributed by atoms with Gasteiger partial charge >= 0.3 is 0 Å². The fourth-order valence-corrected chi connectivity index (χ4v) is 2.52. The molecule has 0 aliphatic carbocycles. The van der Waals surface area contributed by atoms with E-state index in [1.165, 1.54) is 12.8 Å². The van der Waals surface area contributed by atoms with E-state index in [0.29, 0.717) is 8.84 Å². The smallest absolute Gasteiger partial charge is 0.0359 e. The summed E-state index contributed by atoms with van der Waals surface area (Å²) in [5, 5.41) is 0. The molecule has 0 aliphatic rings. The topological polar surface area (TPSA) is 0 Å². The van der Waals surface area contributed by atoms with Crippen LogP contribution in [0.1, 0.15) is 47.5 Å². The number of hydrogen-bond donors (Lipinski definition) is 0. The maximum atomic E-state index is 2.62. The third-order valence-corrected chi connectivity index (χ3v) is 7.78. The first-order valence-corrected chi connectivity index (χ1v) is 6.91. The second-order valence-electron chi connectivity index (χ2n) is 4.33. The van der Waals surface area contributed by atoms with E-state index in [-0.39, 0.29) is 0 Å². The van der Waals surface area contributed by atoms with E-state index in [0.717, 1.165) is 3.92 Å². The molecule has 0 saturated carbocycles. The van der Waals surface area contributed by atoms with Gasteiger partial charge in [0, 0.05) is 7.35 Å². The third kappa shape index (κ3) is 3.00. The Morgan fingerprint density at radius 3 is 1.92 bits per heavy atom. The molecule has 0 aliphatic heterocycles. The molecule has 0 N–H and O–H groups in total. The zero-order valence-electron chi connectivity index (χ0n) is 8.75. The van der Waals surface area contributed by atoms with Crippen molar-refractivity contribution in [3.8, 4) is 0 Å². The van der Waals surface area contributed by atoms with Crippen LogP contribution in [0.3, 0.4) is 0 Å². The van der Waals surface area contributed by atoms with Crippen molar-refractivity contribution in [3.63, 3.8) is 0 Å². The van der Waals surface area contributed by atoms with Gasteiger partial charge in [0.05, 0.1) is 0 Å². The maximum absolute atomic E-state index is 2.62. The summed E-state index contributed by atoms with van der Waals surface area (Å²) in [7, 11) is 0. The van der Waals surface area contributed by atoms with Crippen molar-refractivity contribution in [2.75, 3.05) is 0 Å². The van der Waals surface area contributed by atoms with Crippen LogP contribution in [0.25, 0.3) is 0 Å². The molecule has 0 aromatic carbocycles. The summed E-state index contributed by atoms with van der Waals surface area (Å²) in [6.07, 6.45) is 2.61. The molecule has 0 nitrogen and oxygen atoms in total. The quantitative estimate of drug-likeness (QED) is 0.474. The summed E-state index contributed by atoms with van der Waals surface area (Å²) < 4.78 is 1.12. The zero-order valence-corrected chi connectivity index (χ0v) is 13.1. The van der Waals surface area contributed by atoms with Crippen molar-refractivity contribution in [2.45, 2.75) is 54.8 Å². The Morgan fingerprint density at radius 2 is 1.67 bits per heavy atom. The van der Waals surface area contributed by atoms with Crippen molar-refractivity contribution in [1.82, 2.24) is 0 Å². The number of halogens is 2. The molecule has 74 valence electrons. The summed E-state index contributed by atoms with van der Waals surface area (Å²) in [6, 6.07) is 0. The predicted molar refractivity (Wildman–Crippen MR) is 74.6 cm³/mol. The van der Waals surface area contributed by atoms with Crippen molar-refractivity contribution in [1.29, 1.82) is 0 Å². The lowest BCUT2D eigenvalue weighted by molar-refractivity contribution is 0.259. The number of hydrogen-bond acceptors (Lipinski definition) is 0. The molecule has 0 bridgehead atoms. The fourth-order valence-electron chi connectivity index (χ4n) is 1.41. The normalized spacial score (nSPS) is 20.2. The van der Waals surface area contributed by atoms with E-state index in [1.807, 2.05) is 0 Å². The van der Waals surface area contributed by atoms with E-state index >= 15 is 0 Å². The van der Waals surface area contributed by atoms with Gasteiger partial charge in [0.1, 0.15) is 0 Å². The predicted octanol–water partition coefficient (Wildman–Crippen LogP) is 4.83. The molecule has 0 saturated heterocycles. The van der Waals surface area contributed by atoms with Crippen LogP contribution < -0.4 is 0 Å². The molecule has 0 aromatic rings. The maximum Gasteiger partial charge on any atom is 0.0359 e. The summed E-state index contributed by atoms with van der Waals surface area (Å²) in [4.78, 5) is 0. The Morgan fingerprint density at radius 1 is 1.25 bits per heavy atom. The van der Waals surface area contributed by atoms with Gasteiger partial charge in [-0.05, 0) is 18.8 Å². The second kappa shape index (κ2) is 4.80. The van der Waals surface area contributed by atoms with E-state index in [2.05, 4.69) is 79.8 Å².